The minimum absolute atomic E-state index is 0.0140. The number of carbonyl (C=O) groups is 3. The highest BCUT2D eigenvalue weighted by molar-refractivity contribution is 8.00. The number of nitrogens with one attached hydrogen (secondary N) is 2. The smallest absolute Gasteiger partial charge is 0.272 e. The SMILES string of the molecule is COc1ccccc1C(=O)CSc1cccc(NC(=O)/C(=C/c2ccc(F)cc2)NC(=O)c2ccccc2)c1. The van der Waals surface area contributed by atoms with Crippen molar-refractivity contribution in [2.75, 3.05) is 18.2 Å². The second-order valence-electron chi connectivity index (χ2n) is 8.32. The molecule has 8 heteroatoms. The second kappa shape index (κ2) is 13.2. The summed E-state index contributed by atoms with van der Waals surface area (Å²) in [6.45, 7) is 0. The number of hydrogen-bond donors (Lipinski definition) is 2. The molecule has 0 saturated carbocycles. The number of hydrogen-bond acceptors (Lipinski definition) is 5. The summed E-state index contributed by atoms with van der Waals surface area (Å²) < 4.78 is 18.7. The Bertz CT molecular complexity index is 1500. The van der Waals surface area contributed by atoms with Crippen LogP contribution in [0.4, 0.5) is 10.1 Å². The van der Waals surface area contributed by atoms with Gasteiger partial charge < -0.3 is 15.4 Å². The summed E-state index contributed by atoms with van der Waals surface area (Å²) in [5.41, 5.74) is 1.89. The molecule has 39 heavy (non-hydrogen) atoms. The summed E-state index contributed by atoms with van der Waals surface area (Å²) in [6.07, 6.45) is 1.47. The molecule has 0 heterocycles. The van der Waals surface area contributed by atoms with Crippen molar-refractivity contribution in [2.24, 2.45) is 0 Å². The van der Waals surface area contributed by atoms with Crippen molar-refractivity contribution in [3.63, 3.8) is 0 Å². The van der Waals surface area contributed by atoms with E-state index in [0.717, 1.165) is 4.90 Å². The summed E-state index contributed by atoms with van der Waals surface area (Å²) >= 11 is 1.33. The van der Waals surface area contributed by atoms with E-state index in [1.807, 2.05) is 6.07 Å². The van der Waals surface area contributed by atoms with Crippen LogP contribution in [0.25, 0.3) is 6.08 Å². The lowest BCUT2D eigenvalue weighted by molar-refractivity contribution is -0.113. The molecule has 2 amide bonds. The maximum absolute atomic E-state index is 13.4. The van der Waals surface area contributed by atoms with Crippen LogP contribution in [0, 0.1) is 5.82 Å². The molecule has 4 rings (SSSR count). The van der Waals surface area contributed by atoms with Crippen LogP contribution in [0.15, 0.2) is 114 Å². The molecule has 0 radical (unpaired) electrons. The Hall–Kier alpha value is -4.69. The number of thioether (sulfide) groups is 1. The standard InChI is InChI=1S/C31H25FN2O4S/c1-38-29-13-6-5-12-26(29)28(35)20-39-25-11-7-10-24(19-25)33-31(37)27(18-21-14-16-23(32)17-15-21)34-30(36)22-8-3-2-4-9-22/h2-19H,20H2,1H3,(H,33,37)(H,34,36)/b27-18-. The second-order valence-corrected chi connectivity index (χ2v) is 9.37. The Morgan fingerprint density at radius 2 is 1.59 bits per heavy atom. The molecule has 4 aromatic rings. The Morgan fingerprint density at radius 3 is 2.33 bits per heavy atom. The topological polar surface area (TPSA) is 84.5 Å². The molecular weight excluding hydrogens is 515 g/mol. The molecule has 0 aromatic heterocycles. The van der Waals surface area contributed by atoms with E-state index < -0.39 is 17.6 Å². The van der Waals surface area contributed by atoms with Crippen molar-refractivity contribution >= 4 is 41.1 Å². The van der Waals surface area contributed by atoms with Crippen LogP contribution in [0.1, 0.15) is 26.3 Å². The maximum Gasteiger partial charge on any atom is 0.272 e. The van der Waals surface area contributed by atoms with Gasteiger partial charge in [0.25, 0.3) is 11.8 Å². The Morgan fingerprint density at radius 1 is 0.872 bits per heavy atom. The van der Waals surface area contributed by atoms with Crippen LogP contribution < -0.4 is 15.4 Å². The predicted octanol–water partition coefficient (Wildman–Crippen LogP) is 6.22. The van der Waals surface area contributed by atoms with E-state index in [-0.39, 0.29) is 17.2 Å². The average molecular weight is 541 g/mol. The van der Waals surface area contributed by atoms with E-state index in [9.17, 15) is 18.8 Å². The van der Waals surface area contributed by atoms with Gasteiger partial charge in [-0.05, 0) is 66.2 Å². The number of anilines is 1. The fourth-order valence-corrected chi connectivity index (χ4v) is 4.47. The lowest BCUT2D eigenvalue weighted by Gasteiger charge is -2.12. The first-order chi connectivity index (χ1) is 18.9. The fourth-order valence-electron chi connectivity index (χ4n) is 3.63. The minimum Gasteiger partial charge on any atom is -0.496 e. The van der Waals surface area contributed by atoms with E-state index in [1.165, 1.54) is 49.2 Å². The zero-order chi connectivity index (χ0) is 27.6. The molecule has 0 aliphatic rings. The van der Waals surface area contributed by atoms with Gasteiger partial charge in [0, 0.05) is 16.1 Å². The number of halogens is 1. The molecule has 4 aromatic carbocycles. The zero-order valence-electron chi connectivity index (χ0n) is 21.0. The average Bonchev–Trinajstić information content (AvgIpc) is 2.97. The molecule has 196 valence electrons. The zero-order valence-corrected chi connectivity index (χ0v) is 21.8. The molecule has 0 spiro atoms. The molecule has 0 bridgehead atoms. The number of ketones is 1. The largest absolute Gasteiger partial charge is 0.496 e. The van der Waals surface area contributed by atoms with Gasteiger partial charge in [0.2, 0.25) is 0 Å². The number of rotatable bonds is 10. The first-order valence-corrected chi connectivity index (χ1v) is 13.0. The van der Waals surface area contributed by atoms with Crippen molar-refractivity contribution in [2.45, 2.75) is 4.90 Å². The van der Waals surface area contributed by atoms with Crippen molar-refractivity contribution in [3.05, 3.63) is 131 Å². The summed E-state index contributed by atoms with van der Waals surface area (Å²) in [5, 5.41) is 5.45. The van der Waals surface area contributed by atoms with Crippen LogP contribution in [0.5, 0.6) is 5.75 Å². The third-order valence-corrected chi connectivity index (χ3v) is 6.57. The lowest BCUT2D eigenvalue weighted by Crippen LogP contribution is -2.30. The number of ether oxygens (including phenoxy) is 1. The van der Waals surface area contributed by atoms with Gasteiger partial charge in [-0.15, -0.1) is 11.8 Å². The molecular formula is C31H25FN2O4S. The third kappa shape index (κ3) is 7.66. The van der Waals surface area contributed by atoms with Gasteiger partial charge in [-0.3, -0.25) is 14.4 Å². The van der Waals surface area contributed by atoms with Gasteiger partial charge in [-0.2, -0.15) is 0 Å². The van der Waals surface area contributed by atoms with Crippen molar-refractivity contribution < 1.29 is 23.5 Å². The fraction of sp³-hybridized carbons (Fsp3) is 0.0645. The van der Waals surface area contributed by atoms with Gasteiger partial charge in [-0.25, -0.2) is 4.39 Å². The van der Waals surface area contributed by atoms with E-state index in [1.54, 1.807) is 72.8 Å². The van der Waals surface area contributed by atoms with Crippen LogP contribution >= 0.6 is 11.8 Å². The number of para-hydroxylation sites is 1. The van der Waals surface area contributed by atoms with E-state index in [0.29, 0.717) is 28.1 Å². The monoisotopic (exact) mass is 540 g/mol. The van der Waals surface area contributed by atoms with Crippen LogP contribution in [-0.2, 0) is 4.79 Å². The van der Waals surface area contributed by atoms with Gasteiger partial charge in [0.15, 0.2) is 5.78 Å². The van der Waals surface area contributed by atoms with Crippen LogP contribution in [0.2, 0.25) is 0 Å². The molecule has 0 unspecified atom stereocenters. The molecule has 0 aliphatic heterocycles. The molecule has 0 atom stereocenters. The highest BCUT2D eigenvalue weighted by Gasteiger charge is 2.16. The maximum atomic E-state index is 13.4. The first-order valence-electron chi connectivity index (χ1n) is 12.0. The molecule has 6 nitrogen and oxygen atoms in total. The number of methoxy groups -OCH3 is 1. The van der Waals surface area contributed by atoms with Gasteiger partial charge in [-0.1, -0.05) is 48.5 Å². The van der Waals surface area contributed by atoms with Crippen LogP contribution in [0.3, 0.4) is 0 Å². The predicted molar refractivity (Wildman–Crippen MR) is 151 cm³/mol. The number of amides is 2. The van der Waals surface area contributed by atoms with Gasteiger partial charge >= 0.3 is 0 Å². The minimum atomic E-state index is -0.559. The third-order valence-electron chi connectivity index (χ3n) is 5.58. The Labute approximate surface area is 229 Å². The number of Topliss-reactive ketones (excluding diaryl/α,β-unsaturated/α-hetero) is 1. The molecule has 2 N–H and O–H groups in total. The van der Waals surface area contributed by atoms with E-state index >= 15 is 0 Å². The number of carbonyl (C=O) groups excluding carboxylic acids is 3. The van der Waals surface area contributed by atoms with Gasteiger partial charge in [0.1, 0.15) is 17.3 Å². The van der Waals surface area contributed by atoms with Crippen LogP contribution in [-0.4, -0.2) is 30.5 Å². The van der Waals surface area contributed by atoms with Crippen molar-refractivity contribution in [1.29, 1.82) is 0 Å². The highest BCUT2D eigenvalue weighted by Crippen LogP contribution is 2.25. The summed E-state index contributed by atoms with van der Waals surface area (Å²) in [5.74, 6) is -0.818. The van der Waals surface area contributed by atoms with Crippen molar-refractivity contribution in [1.82, 2.24) is 5.32 Å². The van der Waals surface area contributed by atoms with Crippen molar-refractivity contribution in [3.8, 4) is 5.75 Å². The first kappa shape index (κ1) is 27.3. The lowest BCUT2D eigenvalue weighted by atomic mass is 10.1. The molecule has 0 saturated heterocycles. The number of benzene rings is 4. The summed E-state index contributed by atoms with van der Waals surface area (Å²) in [4.78, 5) is 39.5. The summed E-state index contributed by atoms with van der Waals surface area (Å²) in [7, 11) is 1.52. The molecule has 0 fully saturated rings. The highest BCUT2D eigenvalue weighted by atomic mass is 32.2. The summed E-state index contributed by atoms with van der Waals surface area (Å²) in [6, 6.07) is 28.1. The quantitative estimate of drug-likeness (QED) is 0.142. The van der Waals surface area contributed by atoms with E-state index in [2.05, 4.69) is 10.6 Å². The van der Waals surface area contributed by atoms with Gasteiger partial charge in [0.05, 0.1) is 18.4 Å². The molecule has 0 aliphatic carbocycles. The van der Waals surface area contributed by atoms with E-state index in [4.69, 9.17) is 4.74 Å². The Kier molecular flexibility index (Phi) is 9.26. The normalized spacial score (nSPS) is 11.0. The Balaban J connectivity index is 1.49.